The molecule has 6 nitrogen and oxygen atoms in total. The highest BCUT2D eigenvalue weighted by molar-refractivity contribution is 5.93. The number of aryl methyl sites for hydroxylation is 1. The monoisotopic (exact) mass is 330 g/mol. The highest BCUT2D eigenvalue weighted by Gasteiger charge is 2.14. The van der Waals surface area contributed by atoms with Gasteiger partial charge in [0.1, 0.15) is 17.3 Å². The van der Waals surface area contributed by atoms with E-state index in [0.29, 0.717) is 25.3 Å². The number of aromatic nitrogens is 2. The molecule has 0 aliphatic carbocycles. The smallest absolute Gasteiger partial charge is 0.270 e. The highest BCUT2D eigenvalue weighted by atomic mass is 19.1. The van der Waals surface area contributed by atoms with E-state index < -0.39 is 5.82 Å². The summed E-state index contributed by atoms with van der Waals surface area (Å²) >= 11 is 0. The van der Waals surface area contributed by atoms with Gasteiger partial charge >= 0.3 is 0 Å². The molecule has 1 aliphatic rings. The predicted molar refractivity (Wildman–Crippen MR) is 87.4 cm³/mol. The Bertz CT molecular complexity index is 732. The number of pyridine rings is 2. The Hall–Kier alpha value is -2.54. The summed E-state index contributed by atoms with van der Waals surface area (Å²) in [6.45, 7) is 5.02. The molecule has 0 saturated carbocycles. The number of amides is 1. The molecule has 2 aromatic heterocycles. The van der Waals surface area contributed by atoms with Gasteiger partial charge in [-0.15, -0.1) is 0 Å². The zero-order valence-electron chi connectivity index (χ0n) is 13.5. The second-order valence-electron chi connectivity index (χ2n) is 5.62. The third-order valence-electron chi connectivity index (χ3n) is 3.86. The van der Waals surface area contributed by atoms with Gasteiger partial charge in [0.2, 0.25) is 0 Å². The molecular formula is C17H19FN4O2. The Labute approximate surface area is 139 Å². The number of anilines is 1. The first-order valence-electron chi connectivity index (χ1n) is 7.81. The average molecular weight is 330 g/mol. The van der Waals surface area contributed by atoms with Crippen LogP contribution in [0.4, 0.5) is 10.2 Å². The summed E-state index contributed by atoms with van der Waals surface area (Å²) in [6, 6.07) is 5.11. The number of hydrogen-bond acceptors (Lipinski definition) is 5. The van der Waals surface area contributed by atoms with Crippen LogP contribution in [0.15, 0.2) is 30.6 Å². The Morgan fingerprint density at radius 3 is 2.88 bits per heavy atom. The van der Waals surface area contributed by atoms with Gasteiger partial charge in [0, 0.05) is 25.8 Å². The van der Waals surface area contributed by atoms with Crippen molar-refractivity contribution in [3.63, 3.8) is 0 Å². The summed E-state index contributed by atoms with van der Waals surface area (Å²) in [5.41, 5.74) is 1.69. The van der Waals surface area contributed by atoms with Crippen molar-refractivity contribution in [2.45, 2.75) is 13.5 Å². The number of carbonyl (C=O) groups excluding carboxylic acids is 1. The molecule has 0 unspecified atom stereocenters. The molecule has 0 atom stereocenters. The lowest BCUT2D eigenvalue weighted by Crippen LogP contribution is -2.36. The third kappa shape index (κ3) is 3.86. The van der Waals surface area contributed by atoms with E-state index in [4.69, 9.17) is 4.74 Å². The lowest BCUT2D eigenvalue weighted by Gasteiger charge is -2.28. The summed E-state index contributed by atoms with van der Waals surface area (Å²) < 4.78 is 18.4. The van der Waals surface area contributed by atoms with Crippen LogP contribution >= 0.6 is 0 Å². The van der Waals surface area contributed by atoms with Crippen molar-refractivity contribution in [1.29, 1.82) is 0 Å². The van der Waals surface area contributed by atoms with E-state index in [1.54, 1.807) is 13.1 Å². The molecule has 0 spiro atoms. The molecule has 1 aliphatic heterocycles. The van der Waals surface area contributed by atoms with E-state index >= 15 is 0 Å². The summed E-state index contributed by atoms with van der Waals surface area (Å²) in [4.78, 5) is 22.6. The molecule has 2 aromatic rings. The number of nitrogens with zero attached hydrogens (tertiary/aromatic N) is 3. The Morgan fingerprint density at radius 2 is 2.12 bits per heavy atom. The van der Waals surface area contributed by atoms with Crippen LogP contribution in [-0.4, -0.2) is 42.2 Å². The van der Waals surface area contributed by atoms with E-state index in [1.807, 2.05) is 12.1 Å². The van der Waals surface area contributed by atoms with Gasteiger partial charge in [-0.05, 0) is 36.2 Å². The van der Waals surface area contributed by atoms with Gasteiger partial charge < -0.3 is 15.0 Å². The third-order valence-corrected chi connectivity index (χ3v) is 3.86. The number of nitrogens with one attached hydrogen (secondary N) is 1. The standard InChI is InChI=1S/C17H19FN4O2/c1-12-8-14(18)11-20-16(12)17(23)21-10-13-2-3-19-15(9-13)22-4-6-24-7-5-22/h2-3,8-9,11H,4-7,10H2,1H3,(H,21,23). The Balaban J connectivity index is 1.64. The minimum absolute atomic E-state index is 0.235. The van der Waals surface area contributed by atoms with Crippen molar-refractivity contribution >= 4 is 11.7 Å². The Kier molecular flexibility index (Phi) is 5.00. The Morgan fingerprint density at radius 1 is 1.33 bits per heavy atom. The molecule has 3 heterocycles. The van der Waals surface area contributed by atoms with Gasteiger partial charge in [0.15, 0.2) is 0 Å². The maximum absolute atomic E-state index is 13.1. The summed E-state index contributed by atoms with van der Waals surface area (Å²) in [5, 5.41) is 2.81. The number of halogens is 1. The molecule has 1 N–H and O–H groups in total. The summed E-state index contributed by atoms with van der Waals surface area (Å²) in [5.74, 6) is 0.103. The lowest BCUT2D eigenvalue weighted by atomic mass is 10.2. The largest absolute Gasteiger partial charge is 0.378 e. The number of morpholine rings is 1. The van der Waals surface area contributed by atoms with Gasteiger partial charge in [0.25, 0.3) is 5.91 Å². The number of carbonyl (C=O) groups is 1. The van der Waals surface area contributed by atoms with E-state index in [2.05, 4.69) is 20.2 Å². The van der Waals surface area contributed by atoms with E-state index in [1.165, 1.54) is 6.07 Å². The second kappa shape index (κ2) is 7.35. The first kappa shape index (κ1) is 16.3. The molecule has 126 valence electrons. The van der Waals surface area contributed by atoms with E-state index in [9.17, 15) is 9.18 Å². The second-order valence-corrected chi connectivity index (χ2v) is 5.62. The fraction of sp³-hybridized carbons (Fsp3) is 0.353. The van der Waals surface area contributed by atoms with Gasteiger partial charge in [-0.1, -0.05) is 0 Å². The van der Waals surface area contributed by atoms with Crippen LogP contribution in [0.3, 0.4) is 0 Å². The minimum Gasteiger partial charge on any atom is -0.378 e. The quantitative estimate of drug-likeness (QED) is 0.924. The molecular weight excluding hydrogens is 311 g/mol. The first-order valence-corrected chi connectivity index (χ1v) is 7.81. The maximum Gasteiger partial charge on any atom is 0.270 e. The molecule has 0 bridgehead atoms. The van der Waals surface area contributed by atoms with Crippen LogP contribution in [0.5, 0.6) is 0 Å². The van der Waals surface area contributed by atoms with Crippen molar-refractivity contribution in [2.24, 2.45) is 0 Å². The molecule has 7 heteroatoms. The maximum atomic E-state index is 13.1. The fourth-order valence-electron chi connectivity index (χ4n) is 2.58. The molecule has 24 heavy (non-hydrogen) atoms. The van der Waals surface area contributed by atoms with Gasteiger partial charge in [-0.3, -0.25) is 4.79 Å². The van der Waals surface area contributed by atoms with Gasteiger partial charge in [-0.25, -0.2) is 14.4 Å². The fourth-order valence-corrected chi connectivity index (χ4v) is 2.58. The SMILES string of the molecule is Cc1cc(F)cnc1C(=O)NCc1ccnc(N2CCOCC2)c1. The van der Waals surface area contributed by atoms with Crippen LogP contribution in [-0.2, 0) is 11.3 Å². The summed E-state index contributed by atoms with van der Waals surface area (Å²) in [7, 11) is 0. The van der Waals surface area contributed by atoms with Crippen molar-refractivity contribution < 1.29 is 13.9 Å². The zero-order chi connectivity index (χ0) is 16.9. The molecule has 1 fully saturated rings. The molecule has 3 rings (SSSR count). The normalized spacial score (nSPS) is 14.5. The number of ether oxygens (including phenoxy) is 1. The molecule has 1 saturated heterocycles. The zero-order valence-corrected chi connectivity index (χ0v) is 13.5. The van der Waals surface area contributed by atoms with E-state index in [0.717, 1.165) is 30.7 Å². The first-order chi connectivity index (χ1) is 11.6. The highest BCUT2D eigenvalue weighted by Crippen LogP contribution is 2.14. The number of rotatable bonds is 4. The van der Waals surface area contributed by atoms with E-state index in [-0.39, 0.29) is 11.6 Å². The van der Waals surface area contributed by atoms with Crippen LogP contribution in [0.1, 0.15) is 21.6 Å². The van der Waals surface area contributed by atoms with Crippen LogP contribution < -0.4 is 10.2 Å². The predicted octanol–water partition coefficient (Wildman–Crippen LogP) is 1.69. The average Bonchev–Trinajstić information content (AvgIpc) is 2.61. The number of hydrogen-bond donors (Lipinski definition) is 1. The van der Waals surface area contributed by atoms with Crippen molar-refractivity contribution in [3.05, 3.63) is 53.2 Å². The van der Waals surface area contributed by atoms with Gasteiger partial charge in [0.05, 0.1) is 19.4 Å². The van der Waals surface area contributed by atoms with Crippen LogP contribution in [0.25, 0.3) is 0 Å². The topological polar surface area (TPSA) is 67.4 Å². The van der Waals surface area contributed by atoms with Crippen LogP contribution in [0.2, 0.25) is 0 Å². The van der Waals surface area contributed by atoms with Gasteiger partial charge in [-0.2, -0.15) is 0 Å². The lowest BCUT2D eigenvalue weighted by molar-refractivity contribution is 0.0945. The van der Waals surface area contributed by atoms with Crippen molar-refractivity contribution in [2.75, 3.05) is 31.2 Å². The molecule has 0 radical (unpaired) electrons. The van der Waals surface area contributed by atoms with Crippen molar-refractivity contribution in [1.82, 2.24) is 15.3 Å². The minimum atomic E-state index is -0.451. The molecule has 1 amide bonds. The summed E-state index contributed by atoms with van der Waals surface area (Å²) in [6.07, 6.45) is 2.78. The van der Waals surface area contributed by atoms with Crippen molar-refractivity contribution in [3.8, 4) is 0 Å². The molecule has 0 aromatic carbocycles. The van der Waals surface area contributed by atoms with Crippen LogP contribution in [0, 0.1) is 12.7 Å².